The molecule has 106 valence electrons. The maximum atomic E-state index is 10.4. The number of hydrogen-bond acceptors (Lipinski definition) is 2. The third kappa shape index (κ3) is 2.42. The zero-order valence-corrected chi connectivity index (χ0v) is 12.5. The molecule has 3 rings (SSSR count). The lowest BCUT2D eigenvalue weighted by molar-refractivity contribution is 0.430. The molecule has 3 aromatic rings. The van der Waals surface area contributed by atoms with Crippen LogP contribution in [-0.4, -0.2) is 14.9 Å². The van der Waals surface area contributed by atoms with Crippen LogP contribution in [0.15, 0.2) is 48.5 Å². The topological polar surface area (TPSA) is 38.0 Å². The summed E-state index contributed by atoms with van der Waals surface area (Å²) in [7, 11) is 0. The number of rotatable bonds is 2. The highest BCUT2D eigenvalue weighted by molar-refractivity contribution is 5.66. The van der Waals surface area contributed by atoms with Crippen LogP contribution in [0.25, 0.3) is 16.9 Å². The third-order valence-corrected chi connectivity index (χ3v) is 3.66. The molecule has 0 radical (unpaired) electrons. The minimum absolute atomic E-state index is 0.190. The number of aromatic nitrogens is 2. The zero-order chi connectivity index (χ0) is 15.0. The molecule has 1 heterocycles. The minimum Gasteiger partial charge on any atom is -0.493 e. The first-order valence-corrected chi connectivity index (χ1v) is 6.99. The standard InChI is InChI=1S/C18H18N2O/c1-12-7-9-16(10-8-12)20-18(21)14(3)17(19-20)15-6-4-5-13(2)11-15/h4-11,21H,1-3H3. The summed E-state index contributed by atoms with van der Waals surface area (Å²) in [5.74, 6) is 0.190. The van der Waals surface area contributed by atoms with Crippen LogP contribution in [-0.2, 0) is 0 Å². The van der Waals surface area contributed by atoms with Crippen molar-refractivity contribution in [2.45, 2.75) is 20.8 Å². The summed E-state index contributed by atoms with van der Waals surface area (Å²) >= 11 is 0. The quantitative estimate of drug-likeness (QED) is 0.764. The van der Waals surface area contributed by atoms with Gasteiger partial charge in [-0.25, -0.2) is 4.68 Å². The molecular weight excluding hydrogens is 260 g/mol. The maximum absolute atomic E-state index is 10.4. The molecule has 1 N–H and O–H groups in total. The second-order valence-corrected chi connectivity index (χ2v) is 5.41. The van der Waals surface area contributed by atoms with E-state index < -0.39 is 0 Å². The number of aromatic hydroxyl groups is 1. The van der Waals surface area contributed by atoms with E-state index >= 15 is 0 Å². The van der Waals surface area contributed by atoms with Gasteiger partial charge < -0.3 is 5.11 Å². The largest absolute Gasteiger partial charge is 0.493 e. The van der Waals surface area contributed by atoms with E-state index in [0.717, 1.165) is 22.5 Å². The summed E-state index contributed by atoms with van der Waals surface area (Å²) in [5.41, 5.74) is 5.85. The molecule has 0 unspecified atom stereocenters. The fourth-order valence-electron chi connectivity index (χ4n) is 2.42. The molecule has 2 aromatic carbocycles. The van der Waals surface area contributed by atoms with Gasteiger partial charge in [-0.1, -0.05) is 41.5 Å². The van der Waals surface area contributed by atoms with Crippen molar-refractivity contribution in [3.8, 4) is 22.8 Å². The Morgan fingerprint density at radius 1 is 0.905 bits per heavy atom. The molecule has 21 heavy (non-hydrogen) atoms. The molecule has 3 nitrogen and oxygen atoms in total. The van der Waals surface area contributed by atoms with Crippen molar-refractivity contribution in [2.24, 2.45) is 0 Å². The van der Waals surface area contributed by atoms with E-state index in [0.29, 0.717) is 0 Å². The Morgan fingerprint density at radius 3 is 2.29 bits per heavy atom. The Hall–Kier alpha value is -2.55. The van der Waals surface area contributed by atoms with Crippen molar-refractivity contribution < 1.29 is 5.11 Å². The molecule has 0 saturated carbocycles. The predicted octanol–water partition coefficient (Wildman–Crippen LogP) is 4.17. The highest BCUT2D eigenvalue weighted by Gasteiger charge is 2.16. The van der Waals surface area contributed by atoms with Gasteiger partial charge in [0.2, 0.25) is 5.88 Å². The van der Waals surface area contributed by atoms with Crippen molar-refractivity contribution in [1.82, 2.24) is 9.78 Å². The van der Waals surface area contributed by atoms with Crippen LogP contribution in [0.5, 0.6) is 5.88 Å². The highest BCUT2D eigenvalue weighted by Crippen LogP contribution is 2.31. The second kappa shape index (κ2) is 5.09. The maximum Gasteiger partial charge on any atom is 0.217 e. The fraction of sp³-hybridized carbons (Fsp3) is 0.167. The number of nitrogens with zero attached hydrogens (tertiary/aromatic N) is 2. The van der Waals surface area contributed by atoms with Crippen LogP contribution in [0.2, 0.25) is 0 Å². The number of hydrogen-bond donors (Lipinski definition) is 1. The van der Waals surface area contributed by atoms with Crippen molar-refractivity contribution in [3.05, 3.63) is 65.2 Å². The van der Waals surface area contributed by atoms with Crippen LogP contribution in [0.1, 0.15) is 16.7 Å². The smallest absolute Gasteiger partial charge is 0.217 e. The van der Waals surface area contributed by atoms with Gasteiger partial charge in [-0.15, -0.1) is 0 Å². The normalized spacial score (nSPS) is 10.8. The second-order valence-electron chi connectivity index (χ2n) is 5.41. The van der Waals surface area contributed by atoms with Gasteiger partial charge in [0, 0.05) is 11.1 Å². The van der Waals surface area contributed by atoms with E-state index in [1.165, 1.54) is 11.1 Å². The average Bonchev–Trinajstić information content (AvgIpc) is 2.77. The lowest BCUT2D eigenvalue weighted by Gasteiger charge is -2.03. The lowest BCUT2D eigenvalue weighted by atomic mass is 10.1. The number of benzene rings is 2. The van der Waals surface area contributed by atoms with E-state index in [2.05, 4.69) is 24.2 Å². The Morgan fingerprint density at radius 2 is 1.62 bits per heavy atom. The first-order valence-electron chi connectivity index (χ1n) is 6.99. The van der Waals surface area contributed by atoms with Gasteiger partial charge in [-0.3, -0.25) is 0 Å². The summed E-state index contributed by atoms with van der Waals surface area (Å²) in [5, 5.41) is 15.0. The predicted molar refractivity (Wildman–Crippen MR) is 84.9 cm³/mol. The molecule has 0 spiro atoms. The molecule has 0 aliphatic carbocycles. The van der Waals surface area contributed by atoms with E-state index in [1.807, 2.05) is 50.2 Å². The van der Waals surface area contributed by atoms with E-state index in [-0.39, 0.29) is 5.88 Å². The van der Waals surface area contributed by atoms with E-state index in [1.54, 1.807) is 4.68 Å². The van der Waals surface area contributed by atoms with E-state index in [4.69, 9.17) is 0 Å². The first-order chi connectivity index (χ1) is 10.1. The molecular formula is C18H18N2O. The molecule has 0 saturated heterocycles. The van der Waals surface area contributed by atoms with Gasteiger partial charge in [0.25, 0.3) is 0 Å². The Bertz CT molecular complexity index is 785. The summed E-state index contributed by atoms with van der Waals surface area (Å²) < 4.78 is 1.59. The van der Waals surface area contributed by atoms with Crippen molar-refractivity contribution in [3.63, 3.8) is 0 Å². The van der Waals surface area contributed by atoms with Crippen LogP contribution < -0.4 is 0 Å². The van der Waals surface area contributed by atoms with Gasteiger partial charge in [-0.05, 0) is 39.0 Å². The van der Waals surface area contributed by atoms with Gasteiger partial charge in [-0.2, -0.15) is 5.10 Å². The number of aryl methyl sites for hydroxylation is 2. The van der Waals surface area contributed by atoms with E-state index in [9.17, 15) is 5.11 Å². The molecule has 1 aromatic heterocycles. The van der Waals surface area contributed by atoms with Gasteiger partial charge >= 0.3 is 0 Å². The molecule has 0 aliphatic rings. The van der Waals surface area contributed by atoms with Crippen molar-refractivity contribution >= 4 is 0 Å². The van der Waals surface area contributed by atoms with Gasteiger partial charge in [0.15, 0.2) is 0 Å². The molecule has 0 fully saturated rings. The summed E-state index contributed by atoms with van der Waals surface area (Å²) in [4.78, 5) is 0. The van der Waals surface area contributed by atoms with Crippen LogP contribution in [0.4, 0.5) is 0 Å². The summed E-state index contributed by atoms with van der Waals surface area (Å²) in [6.45, 7) is 5.98. The lowest BCUT2D eigenvalue weighted by Crippen LogP contribution is -1.96. The summed E-state index contributed by atoms with van der Waals surface area (Å²) in [6.07, 6.45) is 0. The van der Waals surface area contributed by atoms with Crippen LogP contribution in [0, 0.1) is 20.8 Å². The molecule has 0 aliphatic heterocycles. The molecule has 0 bridgehead atoms. The summed E-state index contributed by atoms with van der Waals surface area (Å²) in [6, 6.07) is 16.1. The van der Waals surface area contributed by atoms with Crippen LogP contribution >= 0.6 is 0 Å². The molecule has 3 heteroatoms. The van der Waals surface area contributed by atoms with Gasteiger partial charge in [0.1, 0.15) is 0 Å². The third-order valence-electron chi connectivity index (χ3n) is 3.66. The minimum atomic E-state index is 0.190. The van der Waals surface area contributed by atoms with Gasteiger partial charge in [0.05, 0.1) is 11.4 Å². The molecule has 0 amide bonds. The SMILES string of the molecule is Cc1ccc(-n2nc(-c3cccc(C)c3)c(C)c2O)cc1. The monoisotopic (exact) mass is 278 g/mol. The van der Waals surface area contributed by atoms with Crippen molar-refractivity contribution in [1.29, 1.82) is 0 Å². The Labute approximate surface area is 124 Å². The highest BCUT2D eigenvalue weighted by atomic mass is 16.3. The first kappa shape index (κ1) is 13.4. The van der Waals surface area contributed by atoms with Crippen LogP contribution in [0.3, 0.4) is 0 Å². The average molecular weight is 278 g/mol. The Balaban J connectivity index is 2.13. The fourth-order valence-corrected chi connectivity index (χ4v) is 2.42. The Kier molecular flexibility index (Phi) is 3.26. The molecule has 0 atom stereocenters. The van der Waals surface area contributed by atoms with Crippen molar-refractivity contribution in [2.75, 3.05) is 0 Å². The zero-order valence-electron chi connectivity index (χ0n) is 12.5.